The van der Waals surface area contributed by atoms with Gasteiger partial charge in [0.2, 0.25) is 5.91 Å². The fourth-order valence-corrected chi connectivity index (χ4v) is 4.61. The number of nitrogens with one attached hydrogen (secondary N) is 2. The molecule has 1 aliphatic rings. The highest BCUT2D eigenvalue weighted by molar-refractivity contribution is 5.89. The predicted molar refractivity (Wildman–Crippen MR) is 132 cm³/mol. The van der Waals surface area contributed by atoms with Gasteiger partial charge >= 0.3 is 12.1 Å². The van der Waals surface area contributed by atoms with Crippen LogP contribution in [0.5, 0.6) is 0 Å². The molecule has 2 atom stereocenters. The Bertz CT molecular complexity index is 1010. The molecule has 0 fully saturated rings. The van der Waals surface area contributed by atoms with Gasteiger partial charge in [-0.05, 0) is 42.5 Å². The predicted octanol–water partition coefficient (Wildman–Crippen LogP) is 4.08. The van der Waals surface area contributed by atoms with Gasteiger partial charge in [-0.3, -0.25) is 9.59 Å². The molecule has 0 spiro atoms. The van der Waals surface area contributed by atoms with Gasteiger partial charge in [0.1, 0.15) is 12.1 Å². The standard InChI is InChI=1S/C27H34N2O6/c1-4-14-27(3,25(32)28-16-18(34-5-2)15-24(30)31)29-26(33)35-17-23-21-12-8-6-10-19(21)20-11-7-9-13-22(20)23/h6-13,18,23H,4-5,14-17H2,1-3H3,(H,28,32)(H,29,33)(H,30,31). The van der Waals surface area contributed by atoms with E-state index in [1.54, 1.807) is 13.8 Å². The van der Waals surface area contributed by atoms with Gasteiger partial charge < -0.3 is 25.2 Å². The van der Waals surface area contributed by atoms with Crippen molar-refractivity contribution in [3.63, 3.8) is 0 Å². The molecule has 188 valence electrons. The number of amides is 2. The Morgan fingerprint density at radius 3 is 2.17 bits per heavy atom. The number of carboxylic acid groups (broad SMARTS) is 1. The highest BCUT2D eigenvalue weighted by Gasteiger charge is 2.36. The van der Waals surface area contributed by atoms with E-state index in [-0.39, 0.29) is 25.5 Å². The normalized spacial score (nSPS) is 14.8. The van der Waals surface area contributed by atoms with Crippen LogP contribution in [0.4, 0.5) is 4.79 Å². The second-order valence-corrected chi connectivity index (χ2v) is 8.92. The van der Waals surface area contributed by atoms with Crippen molar-refractivity contribution >= 4 is 18.0 Å². The maximum Gasteiger partial charge on any atom is 0.408 e. The summed E-state index contributed by atoms with van der Waals surface area (Å²) in [6.07, 6.45) is -0.510. The summed E-state index contributed by atoms with van der Waals surface area (Å²) in [5, 5.41) is 14.5. The van der Waals surface area contributed by atoms with Crippen molar-refractivity contribution in [2.75, 3.05) is 19.8 Å². The molecule has 3 rings (SSSR count). The van der Waals surface area contributed by atoms with Crippen LogP contribution < -0.4 is 10.6 Å². The second kappa shape index (κ2) is 11.8. The van der Waals surface area contributed by atoms with E-state index in [0.717, 1.165) is 22.3 Å². The zero-order chi connectivity index (χ0) is 25.4. The van der Waals surface area contributed by atoms with Gasteiger partial charge in [0, 0.05) is 19.1 Å². The molecule has 0 aliphatic heterocycles. The van der Waals surface area contributed by atoms with Crippen LogP contribution >= 0.6 is 0 Å². The summed E-state index contributed by atoms with van der Waals surface area (Å²) < 4.78 is 11.0. The zero-order valence-corrected chi connectivity index (χ0v) is 20.5. The first kappa shape index (κ1) is 26.2. The van der Waals surface area contributed by atoms with Gasteiger partial charge in [0.15, 0.2) is 0 Å². The lowest BCUT2D eigenvalue weighted by Crippen LogP contribution is -2.58. The van der Waals surface area contributed by atoms with E-state index in [1.807, 2.05) is 43.3 Å². The molecular formula is C27H34N2O6. The van der Waals surface area contributed by atoms with Crippen molar-refractivity contribution in [1.82, 2.24) is 10.6 Å². The van der Waals surface area contributed by atoms with Crippen molar-refractivity contribution in [3.8, 4) is 11.1 Å². The van der Waals surface area contributed by atoms with Gasteiger partial charge in [-0.2, -0.15) is 0 Å². The van der Waals surface area contributed by atoms with Crippen molar-refractivity contribution in [3.05, 3.63) is 59.7 Å². The molecule has 2 aromatic rings. The van der Waals surface area contributed by atoms with Crippen molar-refractivity contribution in [2.45, 2.75) is 57.6 Å². The summed E-state index contributed by atoms with van der Waals surface area (Å²) in [7, 11) is 0. The average molecular weight is 483 g/mol. The van der Waals surface area contributed by atoms with Crippen LogP contribution in [0.2, 0.25) is 0 Å². The van der Waals surface area contributed by atoms with Crippen LogP contribution in [0.15, 0.2) is 48.5 Å². The summed E-state index contributed by atoms with van der Waals surface area (Å²) in [6, 6.07) is 16.2. The molecule has 3 N–H and O–H groups in total. The fourth-order valence-electron chi connectivity index (χ4n) is 4.61. The third-order valence-corrected chi connectivity index (χ3v) is 6.27. The molecule has 0 radical (unpaired) electrons. The van der Waals surface area contributed by atoms with E-state index in [1.165, 1.54) is 0 Å². The number of benzene rings is 2. The maximum absolute atomic E-state index is 13.0. The van der Waals surface area contributed by atoms with Gasteiger partial charge in [-0.1, -0.05) is 61.9 Å². The Morgan fingerprint density at radius 1 is 1.03 bits per heavy atom. The molecule has 8 heteroatoms. The molecule has 0 saturated carbocycles. The largest absolute Gasteiger partial charge is 0.481 e. The number of hydrogen-bond donors (Lipinski definition) is 3. The number of hydrogen-bond acceptors (Lipinski definition) is 5. The quantitative estimate of drug-likeness (QED) is 0.420. The summed E-state index contributed by atoms with van der Waals surface area (Å²) in [5.41, 5.74) is 3.28. The van der Waals surface area contributed by atoms with Gasteiger partial charge in [-0.15, -0.1) is 0 Å². The van der Waals surface area contributed by atoms with E-state index in [9.17, 15) is 14.4 Å². The minimum atomic E-state index is -1.21. The van der Waals surface area contributed by atoms with Gasteiger partial charge in [0.25, 0.3) is 0 Å². The van der Waals surface area contributed by atoms with Crippen molar-refractivity contribution in [2.24, 2.45) is 0 Å². The van der Waals surface area contributed by atoms with Crippen LogP contribution in [0.25, 0.3) is 11.1 Å². The molecule has 0 bridgehead atoms. The van der Waals surface area contributed by atoms with Crippen molar-refractivity contribution in [1.29, 1.82) is 0 Å². The Hall–Kier alpha value is -3.39. The van der Waals surface area contributed by atoms with E-state index >= 15 is 0 Å². The molecule has 1 aliphatic carbocycles. The number of ether oxygens (including phenoxy) is 2. The first-order valence-electron chi connectivity index (χ1n) is 12.0. The smallest absolute Gasteiger partial charge is 0.408 e. The lowest BCUT2D eigenvalue weighted by atomic mass is 9.95. The highest BCUT2D eigenvalue weighted by atomic mass is 16.5. The molecule has 0 saturated heterocycles. The third kappa shape index (κ3) is 6.39. The van der Waals surface area contributed by atoms with Gasteiger partial charge in [-0.25, -0.2) is 4.79 Å². The number of carboxylic acids is 1. The van der Waals surface area contributed by atoms with E-state index in [0.29, 0.717) is 19.4 Å². The molecule has 0 aromatic heterocycles. The first-order chi connectivity index (χ1) is 16.8. The van der Waals surface area contributed by atoms with Crippen LogP contribution in [0.1, 0.15) is 57.1 Å². The fraction of sp³-hybridized carbons (Fsp3) is 0.444. The Balaban J connectivity index is 1.63. The monoisotopic (exact) mass is 482 g/mol. The number of rotatable bonds is 12. The maximum atomic E-state index is 13.0. The SMILES string of the molecule is CCCC(C)(NC(=O)OCC1c2ccccc2-c2ccccc21)C(=O)NCC(CC(=O)O)OCC. The summed E-state index contributed by atoms with van der Waals surface area (Å²) in [6.45, 7) is 5.83. The molecule has 2 aromatic carbocycles. The topological polar surface area (TPSA) is 114 Å². The van der Waals surface area contributed by atoms with Crippen LogP contribution in [0, 0.1) is 0 Å². The van der Waals surface area contributed by atoms with Crippen LogP contribution in [0.3, 0.4) is 0 Å². The molecule has 35 heavy (non-hydrogen) atoms. The van der Waals surface area contributed by atoms with E-state index < -0.39 is 29.6 Å². The van der Waals surface area contributed by atoms with Crippen molar-refractivity contribution < 1.29 is 29.0 Å². The number of alkyl carbamates (subject to hydrolysis) is 1. The number of carbonyl (C=O) groups excluding carboxylic acids is 2. The Morgan fingerprint density at radius 2 is 1.63 bits per heavy atom. The van der Waals surface area contributed by atoms with E-state index in [4.69, 9.17) is 14.6 Å². The molecular weight excluding hydrogens is 448 g/mol. The summed E-state index contributed by atoms with van der Waals surface area (Å²) in [5.74, 6) is -1.50. The molecule has 2 unspecified atom stereocenters. The summed E-state index contributed by atoms with van der Waals surface area (Å²) in [4.78, 5) is 36.8. The first-order valence-corrected chi connectivity index (χ1v) is 12.0. The number of carbonyl (C=O) groups is 3. The highest BCUT2D eigenvalue weighted by Crippen LogP contribution is 2.44. The Labute approximate surface area is 206 Å². The summed E-state index contributed by atoms with van der Waals surface area (Å²) >= 11 is 0. The molecule has 2 amide bonds. The Kier molecular flexibility index (Phi) is 8.87. The average Bonchev–Trinajstić information content (AvgIpc) is 3.14. The lowest BCUT2D eigenvalue weighted by molar-refractivity contribution is -0.140. The van der Waals surface area contributed by atoms with E-state index in [2.05, 4.69) is 22.8 Å². The zero-order valence-electron chi connectivity index (χ0n) is 20.5. The van der Waals surface area contributed by atoms with Crippen LogP contribution in [-0.2, 0) is 19.1 Å². The minimum absolute atomic E-state index is 0.0324. The number of aliphatic carboxylic acids is 1. The molecule has 0 heterocycles. The van der Waals surface area contributed by atoms with Crippen LogP contribution in [-0.4, -0.2) is 54.5 Å². The van der Waals surface area contributed by atoms with Gasteiger partial charge in [0.05, 0.1) is 12.5 Å². The number of fused-ring (bicyclic) bond motifs is 3. The minimum Gasteiger partial charge on any atom is -0.481 e. The molecule has 8 nitrogen and oxygen atoms in total. The third-order valence-electron chi connectivity index (χ3n) is 6.27. The second-order valence-electron chi connectivity index (χ2n) is 8.92. The lowest BCUT2D eigenvalue weighted by Gasteiger charge is -2.30.